The third kappa shape index (κ3) is 4.59. The Labute approximate surface area is 156 Å². The summed E-state index contributed by atoms with van der Waals surface area (Å²) in [7, 11) is 0. The maximum Gasteiger partial charge on any atom is 0.292 e. The molecule has 1 aromatic heterocycles. The van der Waals surface area contributed by atoms with Crippen LogP contribution >= 0.6 is 11.3 Å². The molecule has 1 saturated heterocycles. The molecule has 2 aromatic rings. The number of nitro benzene ring substituents is 1. The number of nitrogens with zero attached hydrogens (tertiary/aromatic N) is 3. The molecule has 0 saturated carbocycles. The van der Waals surface area contributed by atoms with E-state index in [1.807, 2.05) is 30.0 Å². The Hall–Kier alpha value is -2.45. The van der Waals surface area contributed by atoms with Crippen molar-refractivity contribution in [2.45, 2.75) is 13.5 Å². The summed E-state index contributed by atoms with van der Waals surface area (Å²) < 4.78 is 0. The van der Waals surface area contributed by atoms with E-state index in [1.165, 1.54) is 10.9 Å². The molecule has 138 valence electrons. The zero-order valence-electron chi connectivity index (χ0n) is 14.7. The van der Waals surface area contributed by atoms with Crippen molar-refractivity contribution >= 4 is 28.6 Å². The number of para-hydroxylation sites is 2. The third-order valence-corrected chi connectivity index (χ3v) is 5.42. The van der Waals surface area contributed by atoms with Crippen molar-refractivity contribution in [2.24, 2.45) is 0 Å². The van der Waals surface area contributed by atoms with Crippen LogP contribution in [0.25, 0.3) is 0 Å². The van der Waals surface area contributed by atoms with Crippen LogP contribution in [0.1, 0.15) is 9.75 Å². The van der Waals surface area contributed by atoms with Crippen molar-refractivity contribution in [3.8, 4) is 0 Å². The van der Waals surface area contributed by atoms with Crippen LogP contribution in [0.2, 0.25) is 0 Å². The summed E-state index contributed by atoms with van der Waals surface area (Å²) in [6.07, 6.45) is 0. The molecule has 1 fully saturated rings. The third-order valence-electron chi connectivity index (χ3n) is 4.41. The van der Waals surface area contributed by atoms with Gasteiger partial charge >= 0.3 is 0 Å². The van der Waals surface area contributed by atoms with E-state index in [2.05, 4.69) is 10.2 Å². The van der Waals surface area contributed by atoms with Gasteiger partial charge in [0.05, 0.1) is 18.0 Å². The molecule has 0 aliphatic carbocycles. The Kier molecular flexibility index (Phi) is 5.85. The van der Waals surface area contributed by atoms with E-state index in [4.69, 9.17) is 0 Å². The number of aryl methyl sites for hydroxylation is 1. The molecule has 0 radical (unpaired) electrons. The number of anilines is 1. The minimum atomic E-state index is -0.346. The van der Waals surface area contributed by atoms with Gasteiger partial charge in [-0.05, 0) is 25.1 Å². The van der Waals surface area contributed by atoms with E-state index >= 15 is 0 Å². The summed E-state index contributed by atoms with van der Waals surface area (Å²) in [5.41, 5.74) is 0.777. The smallest absolute Gasteiger partial charge is 0.292 e. The summed E-state index contributed by atoms with van der Waals surface area (Å²) >= 11 is 1.69. The Bertz CT molecular complexity index is 784. The summed E-state index contributed by atoms with van der Waals surface area (Å²) in [5.74, 6) is 0.00944. The first-order valence-electron chi connectivity index (χ1n) is 8.55. The van der Waals surface area contributed by atoms with E-state index in [0.29, 0.717) is 45.0 Å². The quantitative estimate of drug-likeness (QED) is 0.620. The molecule has 0 spiro atoms. The van der Waals surface area contributed by atoms with E-state index < -0.39 is 0 Å². The number of carbonyl (C=O) groups excluding carboxylic acids is 1. The zero-order valence-corrected chi connectivity index (χ0v) is 15.5. The minimum Gasteiger partial charge on any atom is -0.363 e. The van der Waals surface area contributed by atoms with Crippen LogP contribution in [0.15, 0.2) is 36.4 Å². The second-order valence-corrected chi connectivity index (χ2v) is 7.67. The molecular weight excluding hydrogens is 352 g/mol. The Morgan fingerprint density at radius 1 is 1.19 bits per heavy atom. The van der Waals surface area contributed by atoms with Gasteiger partial charge in [-0.1, -0.05) is 12.1 Å². The lowest BCUT2D eigenvalue weighted by Crippen LogP contribution is -2.49. The lowest BCUT2D eigenvalue weighted by atomic mass is 10.2. The normalized spacial score (nSPS) is 15.0. The molecule has 8 heteroatoms. The predicted octanol–water partition coefficient (Wildman–Crippen LogP) is 2.40. The molecule has 26 heavy (non-hydrogen) atoms. The monoisotopic (exact) mass is 374 g/mol. The van der Waals surface area contributed by atoms with Gasteiger partial charge in [-0.25, -0.2) is 0 Å². The summed E-state index contributed by atoms with van der Waals surface area (Å²) in [5, 5.41) is 14.1. The van der Waals surface area contributed by atoms with Crippen molar-refractivity contribution in [1.82, 2.24) is 10.2 Å². The number of piperazine rings is 1. The lowest BCUT2D eigenvalue weighted by Gasteiger charge is -2.35. The van der Waals surface area contributed by atoms with Crippen molar-refractivity contribution < 1.29 is 9.72 Å². The first-order chi connectivity index (χ1) is 12.5. The van der Waals surface area contributed by atoms with E-state index in [1.54, 1.807) is 23.5 Å². The highest BCUT2D eigenvalue weighted by atomic mass is 32.1. The number of nitrogens with one attached hydrogen (secondary N) is 1. The zero-order chi connectivity index (χ0) is 18.5. The van der Waals surface area contributed by atoms with Crippen LogP contribution in [-0.4, -0.2) is 48.5 Å². The van der Waals surface area contributed by atoms with Gasteiger partial charge in [0, 0.05) is 42.0 Å². The fourth-order valence-electron chi connectivity index (χ4n) is 3.06. The average molecular weight is 374 g/mol. The van der Waals surface area contributed by atoms with Gasteiger partial charge in [-0.2, -0.15) is 0 Å². The predicted molar refractivity (Wildman–Crippen MR) is 103 cm³/mol. The van der Waals surface area contributed by atoms with Gasteiger partial charge in [-0.15, -0.1) is 11.3 Å². The van der Waals surface area contributed by atoms with Crippen LogP contribution < -0.4 is 10.2 Å². The molecule has 7 nitrogen and oxygen atoms in total. The maximum absolute atomic E-state index is 12.1. The molecule has 1 aliphatic heterocycles. The fourth-order valence-corrected chi connectivity index (χ4v) is 3.89. The highest BCUT2D eigenvalue weighted by Crippen LogP contribution is 2.28. The molecule has 1 aromatic carbocycles. The highest BCUT2D eigenvalue weighted by molar-refractivity contribution is 7.11. The second kappa shape index (κ2) is 8.29. The summed E-state index contributed by atoms with van der Waals surface area (Å²) in [6, 6.07) is 10.9. The number of amides is 1. The van der Waals surface area contributed by atoms with Crippen LogP contribution in [0.3, 0.4) is 0 Å². The second-order valence-electron chi connectivity index (χ2n) is 6.30. The van der Waals surface area contributed by atoms with Crippen LogP contribution in [0.4, 0.5) is 11.4 Å². The average Bonchev–Trinajstić information content (AvgIpc) is 3.06. The number of hydrogen-bond acceptors (Lipinski definition) is 6. The fraction of sp³-hybridized carbons (Fsp3) is 0.389. The van der Waals surface area contributed by atoms with E-state index in [-0.39, 0.29) is 16.5 Å². The molecule has 0 unspecified atom stereocenters. The number of carbonyl (C=O) groups is 1. The number of rotatable bonds is 6. The first-order valence-corrected chi connectivity index (χ1v) is 9.37. The SMILES string of the molecule is Cc1ccc(CNC(=O)CN2CCN(c3ccccc3[N+](=O)[O-])CC2)s1. The first kappa shape index (κ1) is 18.3. The summed E-state index contributed by atoms with van der Waals surface area (Å²) in [4.78, 5) is 29.5. The van der Waals surface area contributed by atoms with Crippen molar-refractivity contribution in [1.29, 1.82) is 0 Å². The lowest BCUT2D eigenvalue weighted by molar-refractivity contribution is -0.384. The van der Waals surface area contributed by atoms with Crippen molar-refractivity contribution in [2.75, 3.05) is 37.6 Å². The van der Waals surface area contributed by atoms with Gasteiger partial charge in [0.2, 0.25) is 5.91 Å². The van der Waals surface area contributed by atoms with Crippen molar-refractivity contribution in [3.05, 3.63) is 56.3 Å². The molecule has 1 N–H and O–H groups in total. The maximum atomic E-state index is 12.1. The van der Waals surface area contributed by atoms with Gasteiger partial charge < -0.3 is 10.2 Å². The van der Waals surface area contributed by atoms with Crippen LogP contribution in [0, 0.1) is 17.0 Å². The Morgan fingerprint density at radius 3 is 2.58 bits per heavy atom. The molecule has 2 heterocycles. The number of thiophene rings is 1. The molecule has 0 atom stereocenters. The van der Waals surface area contributed by atoms with Gasteiger partial charge in [0.1, 0.15) is 5.69 Å². The van der Waals surface area contributed by atoms with Crippen LogP contribution in [-0.2, 0) is 11.3 Å². The standard InChI is InChI=1S/C18H22N4O3S/c1-14-6-7-15(26-14)12-19-18(23)13-20-8-10-21(11-9-20)16-4-2-3-5-17(16)22(24)25/h2-7H,8-13H2,1H3,(H,19,23). The number of nitro groups is 1. The minimum absolute atomic E-state index is 0.00944. The Balaban J connectivity index is 1.48. The van der Waals surface area contributed by atoms with Gasteiger partial charge in [0.25, 0.3) is 5.69 Å². The van der Waals surface area contributed by atoms with E-state index in [0.717, 1.165) is 4.88 Å². The number of benzene rings is 1. The largest absolute Gasteiger partial charge is 0.363 e. The topological polar surface area (TPSA) is 78.7 Å². The molecule has 1 aliphatic rings. The van der Waals surface area contributed by atoms with Gasteiger partial charge in [-0.3, -0.25) is 19.8 Å². The molecule has 1 amide bonds. The summed E-state index contributed by atoms with van der Waals surface area (Å²) in [6.45, 7) is 5.72. The Morgan fingerprint density at radius 2 is 1.92 bits per heavy atom. The van der Waals surface area contributed by atoms with E-state index in [9.17, 15) is 14.9 Å². The molecule has 0 bridgehead atoms. The van der Waals surface area contributed by atoms with Gasteiger partial charge in [0.15, 0.2) is 0 Å². The van der Waals surface area contributed by atoms with Crippen LogP contribution in [0.5, 0.6) is 0 Å². The molecular formula is C18H22N4O3S. The molecule has 3 rings (SSSR count). The highest BCUT2D eigenvalue weighted by Gasteiger charge is 2.24. The van der Waals surface area contributed by atoms with Crippen molar-refractivity contribution in [3.63, 3.8) is 0 Å². The number of hydrogen-bond donors (Lipinski definition) is 1.